The van der Waals surface area contributed by atoms with Crippen LogP contribution in [0.15, 0.2) is 54.9 Å². The van der Waals surface area contributed by atoms with Gasteiger partial charge >= 0.3 is 0 Å². The van der Waals surface area contributed by atoms with Gasteiger partial charge in [-0.15, -0.1) is 0 Å². The maximum atomic E-state index is 12.4. The van der Waals surface area contributed by atoms with E-state index in [2.05, 4.69) is 15.7 Å². The minimum Gasteiger partial charge on any atom is -0.495 e. The lowest BCUT2D eigenvalue weighted by atomic mass is 9.84. The molecule has 154 valence electrons. The largest absolute Gasteiger partial charge is 0.495 e. The Bertz CT molecular complexity index is 1080. The van der Waals surface area contributed by atoms with E-state index in [1.165, 1.54) is 7.11 Å². The molecule has 1 aliphatic rings. The Morgan fingerprint density at radius 3 is 2.87 bits per heavy atom. The van der Waals surface area contributed by atoms with Crippen molar-refractivity contribution in [1.29, 1.82) is 0 Å². The van der Waals surface area contributed by atoms with Crippen LogP contribution < -0.4 is 15.4 Å². The number of hydrogen-bond acceptors (Lipinski definition) is 5. The van der Waals surface area contributed by atoms with E-state index >= 15 is 0 Å². The van der Waals surface area contributed by atoms with Gasteiger partial charge in [-0.05, 0) is 41.5 Å². The molecule has 0 aliphatic carbocycles. The number of anilines is 2. The van der Waals surface area contributed by atoms with Gasteiger partial charge in [0, 0.05) is 37.5 Å². The molecule has 1 atom stereocenters. The molecule has 8 nitrogen and oxygen atoms in total. The molecular formula is C22H22N4O4. The van der Waals surface area contributed by atoms with E-state index in [1.54, 1.807) is 24.1 Å². The van der Waals surface area contributed by atoms with Gasteiger partial charge in [0.05, 0.1) is 18.5 Å². The van der Waals surface area contributed by atoms with Crippen molar-refractivity contribution < 1.29 is 19.1 Å². The monoisotopic (exact) mass is 406 g/mol. The number of aromatic nitrogens is 2. The maximum absolute atomic E-state index is 12.4. The molecule has 2 heterocycles. The summed E-state index contributed by atoms with van der Waals surface area (Å²) in [5.74, 6) is -0.0258. The number of hydrogen-bond donors (Lipinski definition) is 2. The predicted molar refractivity (Wildman–Crippen MR) is 112 cm³/mol. The van der Waals surface area contributed by atoms with E-state index in [1.807, 2.05) is 42.6 Å². The minimum absolute atomic E-state index is 0.0740. The number of carbonyl (C=O) groups excluding carboxylic acids is 2. The van der Waals surface area contributed by atoms with Crippen molar-refractivity contribution in [2.45, 2.75) is 12.3 Å². The van der Waals surface area contributed by atoms with Gasteiger partial charge in [0.1, 0.15) is 12.4 Å². The third kappa shape index (κ3) is 3.90. The lowest BCUT2D eigenvalue weighted by Gasteiger charge is -2.28. The average Bonchev–Trinajstić information content (AvgIpc) is 3.28. The van der Waals surface area contributed by atoms with Crippen LogP contribution in [0.3, 0.4) is 0 Å². The number of amides is 2. The second-order valence-corrected chi connectivity index (χ2v) is 6.97. The summed E-state index contributed by atoms with van der Waals surface area (Å²) in [6, 6.07) is 13.4. The number of nitrogens with one attached hydrogen (secondary N) is 2. The summed E-state index contributed by atoms with van der Waals surface area (Å²) in [6.45, 7) is -0.0740. The Labute approximate surface area is 173 Å². The number of fused-ring (bicyclic) bond motifs is 1. The van der Waals surface area contributed by atoms with Gasteiger partial charge in [-0.1, -0.05) is 12.1 Å². The fourth-order valence-corrected chi connectivity index (χ4v) is 3.68. The van der Waals surface area contributed by atoms with Gasteiger partial charge < -0.3 is 20.1 Å². The normalized spacial score (nSPS) is 15.3. The molecule has 2 N–H and O–H groups in total. The first-order chi connectivity index (χ1) is 14.6. The van der Waals surface area contributed by atoms with Gasteiger partial charge in [0.25, 0.3) is 0 Å². The van der Waals surface area contributed by atoms with Crippen molar-refractivity contribution in [3.63, 3.8) is 0 Å². The molecule has 0 fully saturated rings. The lowest BCUT2D eigenvalue weighted by molar-refractivity contribution is -0.119. The Morgan fingerprint density at radius 2 is 2.13 bits per heavy atom. The number of nitrogens with zero attached hydrogens (tertiary/aromatic N) is 2. The molecule has 3 aromatic rings. The van der Waals surface area contributed by atoms with Gasteiger partial charge in [-0.25, -0.2) is 4.68 Å². The second-order valence-electron chi connectivity index (χ2n) is 6.97. The quantitative estimate of drug-likeness (QED) is 0.656. The Balaban J connectivity index is 1.74. The summed E-state index contributed by atoms with van der Waals surface area (Å²) in [4.78, 5) is 24.4. The van der Waals surface area contributed by atoms with Crippen LogP contribution in [0.2, 0.25) is 0 Å². The summed E-state index contributed by atoms with van der Waals surface area (Å²) in [5.41, 5.74) is 3.96. The van der Waals surface area contributed by atoms with Gasteiger partial charge in [0.2, 0.25) is 11.8 Å². The average molecular weight is 406 g/mol. The summed E-state index contributed by atoms with van der Waals surface area (Å²) < 4.78 is 12.1. The van der Waals surface area contributed by atoms with Crippen LogP contribution in [0.1, 0.15) is 23.5 Å². The molecule has 4 rings (SSSR count). The third-order valence-corrected chi connectivity index (χ3v) is 5.00. The molecule has 0 spiro atoms. The van der Waals surface area contributed by atoms with Crippen LogP contribution >= 0.6 is 0 Å². The Kier molecular flexibility index (Phi) is 5.49. The van der Waals surface area contributed by atoms with Crippen molar-refractivity contribution in [3.8, 4) is 11.4 Å². The third-order valence-electron chi connectivity index (χ3n) is 5.00. The fourth-order valence-electron chi connectivity index (χ4n) is 3.68. The van der Waals surface area contributed by atoms with Crippen LogP contribution in [0.5, 0.6) is 5.75 Å². The zero-order chi connectivity index (χ0) is 21.1. The zero-order valence-electron chi connectivity index (χ0n) is 16.7. The van der Waals surface area contributed by atoms with Crippen molar-refractivity contribution >= 4 is 23.2 Å². The highest BCUT2D eigenvalue weighted by Crippen LogP contribution is 2.42. The second kappa shape index (κ2) is 8.38. The Hall–Kier alpha value is -3.65. The molecule has 2 amide bonds. The Morgan fingerprint density at radius 1 is 1.27 bits per heavy atom. The molecule has 2 aromatic carbocycles. The first kappa shape index (κ1) is 19.7. The van der Waals surface area contributed by atoms with E-state index in [0.717, 1.165) is 16.8 Å². The molecular weight excluding hydrogens is 384 g/mol. The SMILES string of the molecule is COCC(=O)Nc1cc2c(cc1OC)C(c1cccc(-n3cccn3)c1)CC(=O)N2. The van der Waals surface area contributed by atoms with Crippen molar-refractivity contribution in [2.24, 2.45) is 0 Å². The molecule has 0 bridgehead atoms. The molecule has 1 unspecified atom stereocenters. The van der Waals surface area contributed by atoms with Crippen molar-refractivity contribution in [2.75, 3.05) is 31.5 Å². The van der Waals surface area contributed by atoms with Crippen molar-refractivity contribution in [1.82, 2.24) is 9.78 Å². The fraction of sp³-hybridized carbons (Fsp3) is 0.227. The van der Waals surface area contributed by atoms with Crippen molar-refractivity contribution in [3.05, 3.63) is 66.0 Å². The molecule has 0 saturated carbocycles. The van der Waals surface area contributed by atoms with Crippen LogP contribution in [-0.4, -0.2) is 42.4 Å². The number of benzene rings is 2. The van der Waals surface area contributed by atoms with Gasteiger partial charge in [-0.2, -0.15) is 5.10 Å². The summed E-state index contributed by atoms with van der Waals surface area (Å²) in [7, 11) is 2.99. The first-order valence-electron chi connectivity index (χ1n) is 9.49. The highest BCUT2D eigenvalue weighted by Gasteiger charge is 2.28. The molecule has 8 heteroatoms. The molecule has 0 saturated heterocycles. The lowest BCUT2D eigenvalue weighted by Crippen LogP contribution is -2.24. The number of methoxy groups -OCH3 is 2. The number of carbonyl (C=O) groups is 2. The standard InChI is InChI=1S/C22H22N4O4/c1-29-13-22(28)25-19-12-18-17(10-20(19)30-2)16(11-21(27)24-18)14-5-3-6-15(9-14)26-8-4-7-23-26/h3-10,12,16H,11,13H2,1-2H3,(H,24,27)(H,25,28). The smallest absolute Gasteiger partial charge is 0.250 e. The minimum atomic E-state index is -0.304. The van der Waals surface area contributed by atoms with E-state index in [-0.39, 0.29) is 24.3 Å². The summed E-state index contributed by atoms with van der Waals surface area (Å²) >= 11 is 0. The van der Waals surface area contributed by atoms with Crippen LogP contribution in [0.4, 0.5) is 11.4 Å². The van der Waals surface area contributed by atoms with Gasteiger partial charge in [0.15, 0.2) is 0 Å². The predicted octanol–water partition coefficient (Wildman–Crippen LogP) is 2.94. The first-order valence-corrected chi connectivity index (χ1v) is 9.49. The van der Waals surface area contributed by atoms with Crippen LogP contribution in [0, 0.1) is 0 Å². The molecule has 1 aliphatic heterocycles. The number of rotatable bonds is 6. The maximum Gasteiger partial charge on any atom is 0.250 e. The molecule has 30 heavy (non-hydrogen) atoms. The van der Waals surface area contributed by atoms with E-state index in [4.69, 9.17) is 9.47 Å². The highest BCUT2D eigenvalue weighted by molar-refractivity contribution is 5.99. The number of ether oxygens (including phenoxy) is 2. The van der Waals surface area contributed by atoms with E-state index < -0.39 is 0 Å². The zero-order valence-corrected chi connectivity index (χ0v) is 16.7. The van der Waals surface area contributed by atoms with E-state index in [0.29, 0.717) is 23.5 Å². The molecule has 1 aromatic heterocycles. The topological polar surface area (TPSA) is 94.5 Å². The summed E-state index contributed by atoms with van der Waals surface area (Å²) in [5, 5.41) is 9.94. The van der Waals surface area contributed by atoms with Gasteiger partial charge in [-0.3, -0.25) is 9.59 Å². The molecule has 0 radical (unpaired) electrons. The van der Waals surface area contributed by atoms with Crippen LogP contribution in [0.25, 0.3) is 5.69 Å². The highest BCUT2D eigenvalue weighted by atomic mass is 16.5. The van der Waals surface area contributed by atoms with Crippen LogP contribution in [-0.2, 0) is 14.3 Å². The van der Waals surface area contributed by atoms with E-state index in [9.17, 15) is 9.59 Å². The summed E-state index contributed by atoms with van der Waals surface area (Å²) in [6.07, 6.45) is 3.91.